The van der Waals surface area contributed by atoms with Crippen molar-refractivity contribution in [3.63, 3.8) is 0 Å². The number of carbonyl (C=O) groups is 1. The lowest BCUT2D eigenvalue weighted by molar-refractivity contribution is -0.113. The van der Waals surface area contributed by atoms with Gasteiger partial charge in [-0.15, -0.1) is 10.2 Å². The third-order valence-electron chi connectivity index (χ3n) is 2.26. The number of thioether (sulfide) groups is 1. The standard InChI is InChI=1S/C12H12ClFN4OS2/c1-2-15-11-17-18-12(21-11)20-6-10(19)16-7-3-4-9(14)8(13)5-7/h3-5H,2,6H2,1H3,(H,15,17)(H,16,19). The van der Waals surface area contributed by atoms with Gasteiger partial charge >= 0.3 is 0 Å². The van der Waals surface area contributed by atoms with Crippen LogP contribution in [0.2, 0.25) is 5.02 Å². The fourth-order valence-electron chi connectivity index (χ4n) is 1.39. The van der Waals surface area contributed by atoms with Crippen molar-refractivity contribution >= 4 is 51.4 Å². The fraction of sp³-hybridized carbons (Fsp3) is 0.250. The molecule has 0 unspecified atom stereocenters. The Hall–Kier alpha value is -1.38. The van der Waals surface area contributed by atoms with E-state index in [0.29, 0.717) is 10.0 Å². The monoisotopic (exact) mass is 346 g/mol. The Bertz CT molecular complexity index is 637. The maximum atomic E-state index is 13.0. The summed E-state index contributed by atoms with van der Waals surface area (Å²) >= 11 is 8.32. The van der Waals surface area contributed by atoms with Gasteiger partial charge in [0.15, 0.2) is 4.34 Å². The first-order chi connectivity index (χ1) is 10.1. The summed E-state index contributed by atoms with van der Waals surface area (Å²) in [6.45, 7) is 2.74. The van der Waals surface area contributed by atoms with Crippen LogP contribution in [0, 0.1) is 5.82 Å². The third-order valence-corrected chi connectivity index (χ3v) is 4.57. The average Bonchev–Trinajstić information content (AvgIpc) is 2.89. The van der Waals surface area contributed by atoms with E-state index in [0.717, 1.165) is 11.7 Å². The van der Waals surface area contributed by atoms with Crippen molar-refractivity contribution in [3.8, 4) is 0 Å². The van der Waals surface area contributed by atoms with Crippen molar-refractivity contribution < 1.29 is 9.18 Å². The Kier molecular flexibility index (Phi) is 5.77. The van der Waals surface area contributed by atoms with E-state index < -0.39 is 5.82 Å². The average molecular weight is 347 g/mol. The molecule has 0 spiro atoms. The Morgan fingerprint density at radius 2 is 2.29 bits per heavy atom. The molecule has 1 heterocycles. The number of anilines is 2. The lowest BCUT2D eigenvalue weighted by atomic mass is 10.3. The highest BCUT2D eigenvalue weighted by molar-refractivity contribution is 8.01. The van der Waals surface area contributed by atoms with Crippen LogP contribution in [0.5, 0.6) is 0 Å². The molecule has 1 aromatic carbocycles. The number of nitrogens with one attached hydrogen (secondary N) is 2. The molecular formula is C12H12ClFN4OS2. The van der Waals surface area contributed by atoms with Crippen LogP contribution in [0.15, 0.2) is 22.5 Å². The van der Waals surface area contributed by atoms with Gasteiger partial charge in [0.1, 0.15) is 5.82 Å². The van der Waals surface area contributed by atoms with Gasteiger partial charge in [0.25, 0.3) is 0 Å². The van der Waals surface area contributed by atoms with Crippen molar-refractivity contribution in [1.29, 1.82) is 0 Å². The van der Waals surface area contributed by atoms with E-state index in [1.165, 1.54) is 41.3 Å². The predicted molar refractivity (Wildman–Crippen MR) is 84.8 cm³/mol. The minimum absolute atomic E-state index is 0.0279. The highest BCUT2D eigenvalue weighted by Gasteiger charge is 2.09. The molecule has 9 heteroatoms. The van der Waals surface area contributed by atoms with Crippen LogP contribution in [0.25, 0.3) is 0 Å². The molecule has 112 valence electrons. The van der Waals surface area contributed by atoms with Crippen LogP contribution in [0.3, 0.4) is 0 Å². The number of amides is 1. The lowest BCUT2D eigenvalue weighted by Gasteiger charge is -2.04. The van der Waals surface area contributed by atoms with Gasteiger partial charge in [-0.2, -0.15) is 0 Å². The Morgan fingerprint density at radius 3 is 3.00 bits per heavy atom. The molecule has 2 aromatic rings. The molecule has 0 aliphatic carbocycles. The molecular weight excluding hydrogens is 335 g/mol. The second-order valence-electron chi connectivity index (χ2n) is 3.87. The molecule has 1 aromatic heterocycles. The molecule has 0 atom stereocenters. The molecule has 0 aliphatic rings. The number of carbonyl (C=O) groups excluding carboxylic acids is 1. The topological polar surface area (TPSA) is 66.9 Å². The summed E-state index contributed by atoms with van der Waals surface area (Å²) in [4.78, 5) is 11.8. The number of rotatable bonds is 6. The van der Waals surface area contributed by atoms with E-state index >= 15 is 0 Å². The Labute approximate surface area is 134 Å². The first-order valence-electron chi connectivity index (χ1n) is 6.03. The van der Waals surface area contributed by atoms with Crippen molar-refractivity contribution in [1.82, 2.24) is 10.2 Å². The summed E-state index contributed by atoms with van der Waals surface area (Å²) in [5.74, 6) is -0.549. The van der Waals surface area contributed by atoms with Crippen molar-refractivity contribution in [2.24, 2.45) is 0 Å². The highest BCUT2D eigenvalue weighted by atomic mass is 35.5. The number of benzene rings is 1. The van der Waals surface area contributed by atoms with E-state index in [-0.39, 0.29) is 16.7 Å². The van der Waals surface area contributed by atoms with Crippen molar-refractivity contribution in [2.45, 2.75) is 11.3 Å². The molecule has 0 aliphatic heterocycles. The summed E-state index contributed by atoms with van der Waals surface area (Å²) in [5.41, 5.74) is 0.456. The van der Waals surface area contributed by atoms with Crippen molar-refractivity contribution in [3.05, 3.63) is 29.0 Å². The molecule has 1 amide bonds. The quantitative estimate of drug-likeness (QED) is 0.784. The number of nitrogens with zero attached hydrogens (tertiary/aromatic N) is 2. The molecule has 0 bridgehead atoms. The highest BCUT2D eigenvalue weighted by Crippen LogP contribution is 2.25. The van der Waals surface area contributed by atoms with Crippen LogP contribution in [0.1, 0.15) is 6.92 Å². The van der Waals surface area contributed by atoms with E-state index in [4.69, 9.17) is 11.6 Å². The van der Waals surface area contributed by atoms with Gasteiger partial charge in [-0.3, -0.25) is 4.79 Å². The van der Waals surface area contributed by atoms with Crippen LogP contribution in [-0.4, -0.2) is 28.4 Å². The van der Waals surface area contributed by atoms with Crippen molar-refractivity contribution in [2.75, 3.05) is 22.9 Å². The lowest BCUT2D eigenvalue weighted by Crippen LogP contribution is -2.13. The van der Waals surface area contributed by atoms with Crippen LogP contribution < -0.4 is 10.6 Å². The second-order valence-corrected chi connectivity index (χ2v) is 6.48. The Morgan fingerprint density at radius 1 is 1.48 bits per heavy atom. The first kappa shape index (κ1) is 16.0. The van der Waals surface area contributed by atoms with Gasteiger partial charge in [-0.05, 0) is 25.1 Å². The summed E-state index contributed by atoms with van der Waals surface area (Å²) in [6, 6.07) is 4.03. The molecule has 0 saturated heterocycles. The predicted octanol–water partition coefficient (Wildman–Crippen LogP) is 3.49. The smallest absolute Gasteiger partial charge is 0.234 e. The zero-order valence-electron chi connectivity index (χ0n) is 11.0. The van der Waals surface area contributed by atoms with Crippen LogP contribution in [-0.2, 0) is 4.79 Å². The van der Waals surface area contributed by atoms with E-state index in [2.05, 4.69) is 20.8 Å². The molecule has 2 N–H and O–H groups in total. The second kappa shape index (κ2) is 7.58. The first-order valence-corrected chi connectivity index (χ1v) is 8.21. The van der Waals surface area contributed by atoms with Gasteiger partial charge < -0.3 is 10.6 Å². The molecule has 0 fully saturated rings. The van der Waals surface area contributed by atoms with E-state index in [1.54, 1.807) is 0 Å². The molecule has 5 nitrogen and oxygen atoms in total. The summed E-state index contributed by atoms with van der Waals surface area (Å²) in [5, 5.41) is 14.3. The van der Waals surface area contributed by atoms with E-state index in [9.17, 15) is 9.18 Å². The van der Waals surface area contributed by atoms with E-state index in [1.807, 2.05) is 6.92 Å². The molecule has 21 heavy (non-hydrogen) atoms. The normalized spacial score (nSPS) is 10.4. The summed E-state index contributed by atoms with van der Waals surface area (Å²) in [7, 11) is 0. The molecule has 0 saturated carbocycles. The summed E-state index contributed by atoms with van der Waals surface area (Å²) in [6.07, 6.45) is 0. The number of halogens is 2. The number of aromatic nitrogens is 2. The molecule has 0 radical (unpaired) electrons. The fourth-order valence-corrected chi connectivity index (χ4v) is 3.19. The number of hydrogen-bond acceptors (Lipinski definition) is 6. The zero-order valence-corrected chi connectivity index (χ0v) is 13.4. The molecule has 2 rings (SSSR count). The van der Waals surface area contributed by atoms with Gasteiger partial charge in [0, 0.05) is 12.2 Å². The van der Waals surface area contributed by atoms with Gasteiger partial charge in [-0.25, -0.2) is 4.39 Å². The minimum atomic E-state index is -0.520. The maximum Gasteiger partial charge on any atom is 0.234 e. The summed E-state index contributed by atoms with van der Waals surface area (Å²) < 4.78 is 13.7. The zero-order chi connectivity index (χ0) is 15.2. The van der Waals surface area contributed by atoms with Crippen LogP contribution >= 0.6 is 34.7 Å². The van der Waals surface area contributed by atoms with Gasteiger partial charge in [0.05, 0.1) is 10.8 Å². The van der Waals surface area contributed by atoms with Gasteiger partial charge in [0.2, 0.25) is 11.0 Å². The third kappa shape index (κ3) is 4.83. The Balaban J connectivity index is 1.85. The maximum absolute atomic E-state index is 13.0. The van der Waals surface area contributed by atoms with Gasteiger partial charge in [-0.1, -0.05) is 34.7 Å². The SMILES string of the molecule is CCNc1nnc(SCC(=O)Nc2ccc(F)c(Cl)c2)s1. The van der Waals surface area contributed by atoms with Crippen LogP contribution in [0.4, 0.5) is 15.2 Å². The largest absolute Gasteiger partial charge is 0.360 e. The minimum Gasteiger partial charge on any atom is -0.360 e. The number of hydrogen-bond donors (Lipinski definition) is 2.